The maximum absolute atomic E-state index is 12.2. The quantitative estimate of drug-likeness (QED) is 0.804. The topological polar surface area (TPSA) is 29.5 Å². The van der Waals surface area contributed by atoms with Crippen molar-refractivity contribution < 1.29 is 9.53 Å². The Labute approximate surface area is 109 Å². The van der Waals surface area contributed by atoms with Gasteiger partial charge in [0.15, 0.2) is 0 Å². The second-order valence-electron chi connectivity index (χ2n) is 5.32. The number of likely N-dealkylation sites (N-methyl/N-ethyl adjacent to an activating group) is 1. The fourth-order valence-corrected chi connectivity index (χ4v) is 2.38. The summed E-state index contributed by atoms with van der Waals surface area (Å²) in [6.07, 6.45) is -0.377. The number of ether oxygens (including phenoxy) is 1. The van der Waals surface area contributed by atoms with Crippen molar-refractivity contribution >= 4 is 5.91 Å². The Kier molecular flexibility index (Phi) is 3.71. The van der Waals surface area contributed by atoms with E-state index < -0.39 is 0 Å². The second kappa shape index (κ2) is 5.11. The van der Waals surface area contributed by atoms with Crippen molar-refractivity contribution in [3.05, 3.63) is 35.9 Å². The van der Waals surface area contributed by atoms with E-state index in [1.807, 2.05) is 50.9 Å². The number of benzene rings is 1. The first-order valence-corrected chi connectivity index (χ1v) is 6.49. The van der Waals surface area contributed by atoms with E-state index in [2.05, 4.69) is 12.1 Å². The predicted octanol–water partition coefficient (Wildman–Crippen LogP) is 2.63. The van der Waals surface area contributed by atoms with Crippen LogP contribution in [0.5, 0.6) is 0 Å². The van der Waals surface area contributed by atoms with Crippen LogP contribution in [0.3, 0.4) is 0 Å². The first-order chi connectivity index (χ1) is 8.52. The molecule has 0 radical (unpaired) electrons. The van der Waals surface area contributed by atoms with E-state index in [0.29, 0.717) is 0 Å². The molecule has 1 amide bonds. The molecule has 98 valence electrons. The van der Waals surface area contributed by atoms with Crippen LogP contribution in [0.25, 0.3) is 0 Å². The van der Waals surface area contributed by atoms with Crippen molar-refractivity contribution in [1.82, 2.24) is 4.90 Å². The van der Waals surface area contributed by atoms with Crippen LogP contribution in [0, 0.1) is 5.92 Å². The number of nitrogens with zero attached hydrogens (tertiary/aromatic N) is 1. The summed E-state index contributed by atoms with van der Waals surface area (Å²) in [4.78, 5) is 14.0. The minimum Gasteiger partial charge on any atom is -0.358 e. The molecule has 3 atom stereocenters. The number of morpholine rings is 1. The lowest BCUT2D eigenvalue weighted by Crippen LogP contribution is -2.53. The predicted molar refractivity (Wildman–Crippen MR) is 71.1 cm³/mol. The summed E-state index contributed by atoms with van der Waals surface area (Å²) >= 11 is 0. The average molecular weight is 247 g/mol. The smallest absolute Gasteiger partial charge is 0.252 e. The third kappa shape index (κ3) is 2.27. The molecule has 0 aromatic heterocycles. The highest BCUT2D eigenvalue weighted by Gasteiger charge is 2.40. The molecular weight excluding hydrogens is 226 g/mol. The van der Waals surface area contributed by atoms with Crippen LogP contribution >= 0.6 is 0 Å². The summed E-state index contributed by atoms with van der Waals surface area (Å²) in [6.45, 7) is 6.08. The molecule has 0 unspecified atom stereocenters. The van der Waals surface area contributed by atoms with Gasteiger partial charge in [0.05, 0.1) is 6.04 Å². The number of carbonyl (C=O) groups is 1. The van der Waals surface area contributed by atoms with E-state index in [-0.39, 0.29) is 30.1 Å². The zero-order chi connectivity index (χ0) is 13.3. The van der Waals surface area contributed by atoms with Gasteiger partial charge in [-0.3, -0.25) is 4.79 Å². The van der Waals surface area contributed by atoms with Gasteiger partial charge in [-0.1, -0.05) is 44.2 Å². The monoisotopic (exact) mass is 247 g/mol. The van der Waals surface area contributed by atoms with Gasteiger partial charge in [-0.25, -0.2) is 0 Å². The minimum absolute atomic E-state index is 0.0405. The van der Waals surface area contributed by atoms with Crippen molar-refractivity contribution in [2.75, 3.05) is 7.05 Å². The molecule has 0 saturated carbocycles. The Morgan fingerprint density at radius 3 is 2.39 bits per heavy atom. The zero-order valence-corrected chi connectivity index (χ0v) is 11.5. The fraction of sp³-hybridized carbons (Fsp3) is 0.533. The van der Waals surface area contributed by atoms with Gasteiger partial charge in [0.2, 0.25) is 0 Å². The molecule has 1 aliphatic heterocycles. The van der Waals surface area contributed by atoms with Crippen molar-refractivity contribution in [3.63, 3.8) is 0 Å². The highest BCUT2D eigenvalue weighted by molar-refractivity contribution is 5.82. The summed E-state index contributed by atoms with van der Waals surface area (Å²) in [5, 5.41) is 0. The van der Waals surface area contributed by atoms with Gasteiger partial charge in [-0.15, -0.1) is 0 Å². The van der Waals surface area contributed by atoms with E-state index >= 15 is 0 Å². The van der Waals surface area contributed by atoms with E-state index in [4.69, 9.17) is 4.74 Å². The van der Waals surface area contributed by atoms with Gasteiger partial charge < -0.3 is 9.64 Å². The SMILES string of the molecule is CC(C)[C@@H]1O[C@H](c2ccccc2)[C@H](C)N(C)C1=O. The summed E-state index contributed by atoms with van der Waals surface area (Å²) in [5.41, 5.74) is 1.13. The maximum Gasteiger partial charge on any atom is 0.252 e. The van der Waals surface area contributed by atoms with Crippen molar-refractivity contribution in [1.29, 1.82) is 0 Å². The first kappa shape index (κ1) is 13.1. The lowest BCUT2D eigenvalue weighted by atomic mass is 9.96. The van der Waals surface area contributed by atoms with Gasteiger partial charge in [-0.05, 0) is 18.4 Å². The van der Waals surface area contributed by atoms with Crippen molar-refractivity contribution in [3.8, 4) is 0 Å². The average Bonchev–Trinajstić information content (AvgIpc) is 2.37. The summed E-state index contributed by atoms with van der Waals surface area (Å²) in [7, 11) is 1.86. The zero-order valence-electron chi connectivity index (χ0n) is 11.5. The highest BCUT2D eigenvalue weighted by atomic mass is 16.5. The first-order valence-electron chi connectivity index (χ1n) is 6.49. The van der Waals surface area contributed by atoms with Gasteiger partial charge in [-0.2, -0.15) is 0 Å². The Hall–Kier alpha value is -1.35. The normalized spacial score (nSPS) is 28.8. The Bertz CT molecular complexity index is 416. The molecule has 1 saturated heterocycles. The molecular formula is C15H21NO2. The summed E-state index contributed by atoms with van der Waals surface area (Å²) in [5.74, 6) is 0.281. The van der Waals surface area contributed by atoms with Gasteiger partial charge in [0.25, 0.3) is 5.91 Å². The molecule has 0 N–H and O–H groups in total. The van der Waals surface area contributed by atoms with Crippen LogP contribution in [0.1, 0.15) is 32.4 Å². The van der Waals surface area contributed by atoms with Crippen LogP contribution < -0.4 is 0 Å². The van der Waals surface area contributed by atoms with Crippen LogP contribution in [0.2, 0.25) is 0 Å². The highest BCUT2D eigenvalue weighted by Crippen LogP contribution is 2.32. The van der Waals surface area contributed by atoms with Crippen LogP contribution in [0.4, 0.5) is 0 Å². The van der Waals surface area contributed by atoms with Gasteiger partial charge in [0.1, 0.15) is 12.2 Å². The summed E-state index contributed by atoms with van der Waals surface area (Å²) in [6, 6.07) is 10.2. The molecule has 0 bridgehead atoms. The molecule has 2 rings (SSSR count). The molecule has 1 heterocycles. The number of hydrogen-bond donors (Lipinski definition) is 0. The Morgan fingerprint density at radius 2 is 1.83 bits per heavy atom. The minimum atomic E-state index is -0.337. The molecule has 1 aromatic rings. The van der Waals surface area contributed by atoms with E-state index in [0.717, 1.165) is 5.56 Å². The van der Waals surface area contributed by atoms with Crippen LogP contribution in [-0.2, 0) is 9.53 Å². The number of carbonyl (C=O) groups excluding carboxylic acids is 1. The largest absolute Gasteiger partial charge is 0.358 e. The Balaban J connectivity index is 2.28. The number of hydrogen-bond acceptors (Lipinski definition) is 2. The van der Waals surface area contributed by atoms with Gasteiger partial charge >= 0.3 is 0 Å². The lowest BCUT2D eigenvalue weighted by Gasteiger charge is -2.42. The molecule has 1 fully saturated rings. The maximum atomic E-state index is 12.2. The molecule has 1 aliphatic rings. The third-order valence-electron chi connectivity index (χ3n) is 3.67. The van der Waals surface area contributed by atoms with E-state index in [1.165, 1.54) is 0 Å². The van der Waals surface area contributed by atoms with Crippen LogP contribution in [0.15, 0.2) is 30.3 Å². The van der Waals surface area contributed by atoms with Crippen molar-refractivity contribution in [2.45, 2.75) is 39.0 Å². The van der Waals surface area contributed by atoms with Gasteiger partial charge in [0, 0.05) is 7.05 Å². The lowest BCUT2D eigenvalue weighted by molar-refractivity contribution is -0.174. The molecule has 3 heteroatoms. The molecule has 18 heavy (non-hydrogen) atoms. The number of rotatable bonds is 2. The molecule has 0 spiro atoms. The third-order valence-corrected chi connectivity index (χ3v) is 3.67. The second-order valence-corrected chi connectivity index (χ2v) is 5.32. The molecule has 3 nitrogen and oxygen atoms in total. The fourth-order valence-electron chi connectivity index (χ4n) is 2.38. The van der Waals surface area contributed by atoms with E-state index in [1.54, 1.807) is 0 Å². The number of amides is 1. The summed E-state index contributed by atoms with van der Waals surface area (Å²) < 4.78 is 6.04. The van der Waals surface area contributed by atoms with Crippen LogP contribution in [-0.4, -0.2) is 30.0 Å². The Morgan fingerprint density at radius 1 is 1.22 bits per heavy atom. The standard InChI is InChI=1S/C15H21NO2/c1-10(2)13-15(17)16(4)11(3)14(18-13)12-8-6-5-7-9-12/h5-11,13-14H,1-4H3/t11-,13-,14-/m0/s1. The molecule has 0 aliphatic carbocycles. The van der Waals surface area contributed by atoms with E-state index in [9.17, 15) is 4.79 Å². The molecule has 1 aromatic carbocycles. The van der Waals surface area contributed by atoms with Crippen molar-refractivity contribution in [2.24, 2.45) is 5.92 Å².